The summed E-state index contributed by atoms with van der Waals surface area (Å²) in [6.07, 6.45) is 0. The number of halogens is 1. The van der Waals surface area contributed by atoms with Gasteiger partial charge in [0, 0.05) is 11.6 Å². The van der Waals surface area contributed by atoms with Crippen molar-refractivity contribution in [3.8, 4) is 28.5 Å². The molecule has 0 aliphatic carbocycles. The molecule has 4 rings (SSSR count). The summed E-state index contributed by atoms with van der Waals surface area (Å²) in [6.45, 7) is 0. The first kappa shape index (κ1) is 18.7. The van der Waals surface area contributed by atoms with Crippen LogP contribution < -0.4 is 5.32 Å². The summed E-state index contributed by atoms with van der Waals surface area (Å²) in [7, 11) is 0. The number of rotatable bonds is 6. The standard InChI is InChI=1S/C19H14FN5O3S/c20-13-5-1-11(2-6-13)15-9-16(23-22-15)21-17(27)10-29-19-25-24-18(28-19)12-3-7-14(26)8-4-12/h1-9,26H,10H2,(H2,21,22,23,27). The third-order valence-electron chi connectivity index (χ3n) is 3.85. The van der Waals surface area contributed by atoms with Crippen molar-refractivity contribution in [1.29, 1.82) is 0 Å². The molecule has 0 unspecified atom stereocenters. The van der Waals surface area contributed by atoms with Gasteiger partial charge in [-0.25, -0.2) is 4.39 Å². The number of aromatic nitrogens is 4. The molecular formula is C19H14FN5O3S. The summed E-state index contributed by atoms with van der Waals surface area (Å²) in [4.78, 5) is 12.1. The van der Waals surface area contributed by atoms with Gasteiger partial charge in [0.1, 0.15) is 11.6 Å². The van der Waals surface area contributed by atoms with Crippen molar-refractivity contribution in [2.24, 2.45) is 0 Å². The Morgan fingerprint density at radius 3 is 2.59 bits per heavy atom. The van der Waals surface area contributed by atoms with Gasteiger partial charge in [-0.05, 0) is 54.1 Å². The van der Waals surface area contributed by atoms with Crippen molar-refractivity contribution < 1.29 is 18.7 Å². The number of phenolic OH excluding ortho intramolecular Hbond substituents is 1. The zero-order valence-electron chi connectivity index (χ0n) is 14.8. The van der Waals surface area contributed by atoms with Gasteiger partial charge in [0.15, 0.2) is 5.82 Å². The molecule has 10 heteroatoms. The van der Waals surface area contributed by atoms with E-state index in [0.29, 0.717) is 23.0 Å². The molecule has 2 aromatic heterocycles. The molecule has 0 aliphatic heterocycles. The number of aromatic amines is 1. The van der Waals surface area contributed by atoms with Gasteiger partial charge >= 0.3 is 0 Å². The molecule has 8 nitrogen and oxygen atoms in total. The number of nitrogens with one attached hydrogen (secondary N) is 2. The van der Waals surface area contributed by atoms with Crippen LogP contribution >= 0.6 is 11.8 Å². The number of hydrogen-bond donors (Lipinski definition) is 3. The number of anilines is 1. The van der Waals surface area contributed by atoms with E-state index < -0.39 is 0 Å². The number of phenols is 1. The average molecular weight is 411 g/mol. The van der Waals surface area contributed by atoms with Crippen LogP contribution in [0.3, 0.4) is 0 Å². The Balaban J connectivity index is 1.33. The van der Waals surface area contributed by atoms with Crippen molar-refractivity contribution in [2.75, 3.05) is 11.1 Å². The Kier molecular flexibility index (Phi) is 5.25. The number of carbonyl (C=O) groups is 1. The van der Waals surface area contributed by atoms with Crippen molar-refractivity contribution in [1.82, 2.24) is 20.4 Å². The van der Waals surface area contributed by atoms with Gasteiger partial charge in [-0.15, -0.1) is 10.2 Å². The highest BCUT2D eigenvalue weighted by molar-refractivity contribution is 7.99. The monoisotopic (exact) mass is 411 g/mol. The lowest BCUT2D eigenvalue weighted by molar-refractivity contribution is -0.113. The van der Waals surface area contributed by atoms with E-state index in [0.717, 1.165) is 17.3 Å². The molecule has 0 bridgehead atoms. The molecule has 0 atom stereocenters. The van der Waals surface area contributed by atoms with Gasteiger partial charge in [-0.2, -0.15) is 5.10 Å². The summed E-state index contributed by atoms with van der Waals surface area (Å²) in [5.41, 5.74) is 2.07. The second-order valence-electron chi connectivity index (χ2n) is 5.93. The quantitative estimate of drug-likeness (QED) is 0.414. The van der Waals surface area contributed by atoms with Gasteiger partial charge in [-0.1, -0.05) is 11.8 Å². The van der Waals surface area contributed by atoms with Gasteiger partial charge in [0.25, 0.3) is 5.22 Å². The van der Waals surface area contributed by atoms with Crippen LogP contribution in [0.1, 0.15) is 0 Å². The van der Waals surface area contributed by atoms with Crippen molar-refractivity contribution >= 4 is 23.5 Å². The van der Waals surface area contributed by atoms with E-state index >= 15 is 0 Å². The highest BCUT2D eigenvalue weighted by atomic mass is 32.2. The fourth-order valence-electron chi connectivity index (χ4n) is 2.46. The van der Waals surface area contributed by atoms with Crippen molar-refractivity contribution in [3.05, 3.63) is 60.4 Å². The molecule has 3 N–H and O–H groups in total. The maximum Gasteiger partial charge on any atom is 0.277 e. The molecule has 4 aromatic rings. The van der Waals surface area contributed by atoms with E-state index in [-0.39, 0.29) is 28.4 Å². The Hall–Kier alpha value is -3.66. The maximum atomic E-state index is 13.0. The topological polar surface area (TPSA) is 117 Å². The predicted octanol–water partition coefficient (Wildman–Crippen LogP) is 3.70. The highest BCUT2D eigenvalue weighted by Crippen LogP contribution is 2.25. The number of benzene rings is 2. The molecule has 2 aromatic carbocycles. The largest absolute Gasteiger partial charge is 0.508 e. The zero-order valence-corrected chi connectivity index (χ0v) is 15.6. The molecule has 29 heavy (non-hydrogen) atoms. The van der Waals surface area contributed by atoms with Crippen molar-refractivity contribution in [3.63, 3.8) is 0 Å². The number of hydrogen-bond acceptors (Lipinski definition) is 7. The molecule has 0 fully saturated rings. The van der Waals surface area contributed by atoms with Crippen LogP contribution in [-0.4, -0.2) is 37.2 Å². The van der Waals surface area contributed by atoms with Crippen LogP contribution in [0.4, 0.5) is 10.2 Å². The summed E-state index contributed by atoms with van der Waals surface area (Å²) in [5.74, 6) is 0.218. The summed E-state index contributed by atoms with van der Waals surface area (Å²) >= 11 is 1.09. The minimum Gasteiger partial charge on any atom is -0.508 e. The predicted molar refractivity (Wildman–Crippen MR) is 105 cm³/mol. The molecule has 0 spiro atoms. The first-order chi connectivity index (χ1) is 14.1. The van der Waals surface area contributed by atoms with Crippen LogP contribution in [0.15, 0.2) is 64.2 Å². The highest BCUT2D eigenvalue weighted by Gasteiger charge is 2.13. The summed E-state index contributed by atoms with van der Waals surface area (Å²) in [6, 6.07) is 13.9. The lowest BCUT2D eigenvalue weighted by Crippen LogP contribution is -2.14. The number of thioether (sulfide) groups is 1. The van der Waals surface area contributed by atoms with Gasteiger partial charge in [-0.3, -0.25) is 9.89 Å². The number of carbonyl (C=O) groups excluding carboxylic acids is 1. The van der Waals surface area contributed by atoms with Crippen LogP contribution in [0.2, 0.25) is 0 Å². The van der Waals surface area contributed by atoms with Crippen LogP contribution in [0.25, 0.3) is 22.7 Å². The van der Waals surface area contributed by atoms with E-state index in [4.69, 9.17) is 4.42 Å². The Labute approximate surface area is 168 Å². The Morgan fingerprint density at radius 2 is 1.83 bits per heavy atom. The molecule has 2 heterocycles. The fourth-order valence-corrected chi connectivity index (χ4v) is 3.02. The lowest BCUT2D eigenvalue weighted by Gasteiger charge is -1.99. The van der Waals surface area contributed by atoms with E-state index in [2.05, 4.69) is 25.7 Å². The van der Waals surface area contributed by atoms with Crippen LogP contribution in [0, 0.1) is 5.82 Å². The Bertz CT molecular complexity index is 1130. The second kappa shape index (κ2) is 8.15. The summed E-state index contributed by atoms with van der Waals surface area (Å²) in [5, 5.41) is 26.9. The van der Waals surface area contributed by atoms with Gasteiger partial charge in [0.2, 0.25) is 11.8 Å². The Morgan fingerprint density at radius 1 is 1.10 bits per heavy atom. The molecule has 0 saturated carbocycles. The first-order valence-electron chi connectivity index (χ1n) is 8.44. The minimum atomic E-state index is -0.326. The summed E-state index contributed by atoms with van der Waals surface area (Å²) < 4.78 is 18.5. The lowest BCUT2D eigenvalue weighted by atomic mass is 10.1. The normalized spacial score (nSPS) is 10.8. The van der Waals surface area contributed by atoms with Crippen LogP contribution in [-0.2, 0) is 4.79 Å². The molecule has 0 radical (unpaired) electrons. The van der Waals surface area contributed by atoms with Crippen LogP contribution in [0.5, 0.6) is 5.75 Å². The zero-order chi connectivity index (χ0) is 20.2. The number of H-pyrrole nitrogens is 1. The first-order valence-corrected chi connectivity index (χ1v) is 9.42. The molecule has 146 valence electrons. The van der Waals surface area contributed by atoms with Gasteiger partial charge in [0.05, 0.1) is 11.4 Å². The average Bonchev–Trinajstić information content (AvgIpc) is 3.37. The molecule has 0 saturated heterocycles. The second-order valence-corrected chi connectivity index (χ2v) is 6.86. The molecule has 0 aliphatic rings. The fraction of sp³-hybridized carbons (Fsp3) is 0.0526. The van der Waals surface area contributed by atoms with E-state index in [9.17, 15) is 14.3 Å². The smallest absolute Gasteiger partial charge is 0.277 e. The number of nitrogens with zero attached hydrogens (tertiary/aromatic N) is 3. The minimum absolute atomic E-state index is 0.0515. The van der Waals surface area contributed by atoms with E-state index in [1.807, 2.05) is 0 Å². The molecule has 1 amide bonds. The van der Waals surface area contributed by atoms with E-state index in [1.165, 1.54) is 24.3 Å². The number of amides is 1. The van der Waals surface area contributed by atoms with E-state index in [1.54, 1.807) is 30.3 Å². The SMILES string of the molecule is O=C(CSc1nnc(-c2ccc(O)cc2)o1)Nc1cc(-c2ccc(F)cc2)[nH]n1. The third kappa shape index (κ3) is 4.61. The third-order valence-corrected chi connectivity index (χ3v) is 4.67. The molecular weight excluding hydrogens is 397 g/mol. The van der Waals surface area contributed by atoms with Gasteiger partial charge < -0.3 is 14.8 Å². The van der Waals surface area contributed by atoms with Crippen molar-refractivity contribution in [2.45, 2.75) is 5.22 Å². The number of aromatic hydroxyl groups is 1. The maximum absolute atomic E-state index is 13.0.